The van der Waals surface area contributed by atoms with E-state index < -0.39 is 0 Å². The van der Waals surface area contributed by atoms with E-state index >= 15 is 0 Å². The van der Waals surface area contributed by atoms with Gasteiger partial charge in [0.1, 0.15) is 5.78 Å². The summed E-state index contributed by atoms with van der Waals surface area (Å²) in [5.41, 5.74) is 7.17. The third-order valence-corrected chi connectivity index (χ3v) is 3.75. The molecule has 19 heavy (non-hydrogen) atoms. The van der Waals surface area contributed by atoms with Crippen molar-refractivity contribution in [2.45, 2.75) is 58.4 Å². The molecule has 1 aromatic carbocycles. The highest BCUT2D eigenvalue weighted by atomic mass is 16.1. The summed E-state index contributed by atoms with van der Waals surface area (Å²) < 4.78 is 0. The number of nitrogens with two attached hydrogens (primary N) is 1. The SMILES string of the molecule is CCCCC(CC)CC(=O)C(N)Cc1ccccc1. The molecule has 0 amide bonds. The maximum Gasteiger partial charge on any atom is 0.150 e. The Balaban J connectivity index is 2.43. The maximum absolute atomic E-state index is 12.2. The fourth-order valence-electron chi connectivity index (χ4n) is 2.36. The molecule has 0 heterocycles. The highest BCUT2D eigenvalue weighted by Gasteiger charge is 2.18. The molecule has 0 aliphatic rings. The Morgan fingerprint density at radius 2 is 1.89 bits per heavy atom. The molecule has 0 saturated carbocycles. The van der Waals surface area contributed by atoms with Gasteiger partial charge < -0.3 is 5.73 Å². The lowest BCUT2D eigenvalue weighted by Gasteiger charge is -2.17. The van der Waals surface area contributed by atoms with Crippen LogP contribution in [0.25, 0.3) is 0 Å². The van der Waals surface area contributed by atoms with Crippen molar-refractivity contribution in [3.8, 4) is 0 Å². The second kappa shape index (κ2) is 8.87. The summed E-state index contributed by atoms with van der Waals surface area (Å²) in [5.74, 6) is 0.723. The predicted molar refractivity (Wildman–Crippen MR) is 81.1 cm³/mol. The minimum atomic E-state index is -0.349. The molecule has 0 radical (unpaired) electrons. The third-order valence-electron chi connectivity index (χ3n) is 3.75. The van der Waals surface area contributed by atoms with Crippen molar-refractivity contribution in [1.29, 1.82) is 0 Å². The van der Waals surface area contributed by atoms with E-state index in [1.165, 1.54) is 12.8 Å². The number of hydrogen-bond donors (Lipinski definition) is 1. The largest absolute Gasteiger partial charge is 0.321 e. The highest BCUT2D eigenvalue weighted by Crippen LogP contribution is 2.18. The molecule has 1 rings (SSSR count). The Hall–Kier alpha value is -1.15. The second-order valence-corrected chi connectivity index (χ2v) is 5.38. The lowest BCUT2D eigenvalue weighted by molar-refractivity contribution is -0.121. The van der Waals surface area contributed by atoms with Crippen molar-refractivity contribution in [3.05, 3.63) is 35.9 Å². The van der Waals surface area contributed by atoms with Gasteiger partial charge in [0.05, 0.1) is 6.04 Å². The molecule has 0 aromatic heterocycles. The molecule has 0 saturated heterocycles. The van der Waals surface area contributed by atoms with Crippen LogP contribution in [0, 0.1) is 5.92 Å². The van der Waals surface area contributed by atoms with E-state index in [-0.39, 0.29) is 11.8 Å². The quantitative estimate of drug-likeness (QED) is 0.736. The van der Waals surface area contributed by atoms with Crippen LogP contribution in [0.4, 0.5) is 0 Å². The molecule has 0 aliphatic heterocycles. The first-order chi connectivity index (χ1) is 9.17. The van der Waals surface area contributed by atoms with Crippen LogP contribution in [0.3, 0.4) is 0 Å². The van der Waals surface area contributed by atoms with Crippen LogP contribution in [-0.2, 0) is 11.2 Å². The molecular formula is C17H27NO. The van der Waals surface area contributed by atoms with Crippen LogP contribution in [0.2, 0.25) is 0 Å². The number of unbranched alkanes of at least 4 members (excludes halogenated alkanes) is 1. The number of ketones is 1. The standard InChI is InChI=1S/C17H27NO/c1-3-5-9-14(4-2)13-17(19)16(18)12-15-10-7-6-8-11-15/h6-8,10-11,14,16H,3-5,9,12-13,18H2,1-2H3. The van der Waals surface area contributed by atoms with Crippen molar-refractivity contribution in [2.75, 3.05) is 0 Å². The molecule has 2 unspecified atom stereocenters. The summed E-state index contributed by atoms with van der Waals surface area (Å²) in [7, 11) is 0. The zero-order valence-corrected chi connectivity index (χ0v) is 12.3. The summed E-state index contributed by atoms with van der Waals surface area (Å²) in [6.45, 7) is 4.35. The Kier molecular flexibility index (Phi) is 7.42. The van der Waals surface area contributed by atoms with Crippen molar-refractivity contribution < 1.29 is 4.79 Å². The van der Waals surface area contributed by atoms with Crippen LogP contribution in [0.15, 0.2) is 30.3 Å². The molecule has 0 aliphatic carbocycles. The van der Waals surface area contributed by atoms with Gasteiger partial charge in [0, 0.05) is 6.42 Å². The van der Waals surface area contributed by atoms with Gasteiger partial charge >= 0.3 is 0 Å². The van der Waals surface area contributed by atoms with E-state index in [0.717, 1.165) is 18.4 Å². The summed E-state index contributed by atoms with van der Waals surface area (Å²) in [4.78, 5) is 12.2. The maximum atomic E-state index is 12.2. The Morgan fingerprint density at radius 1 is 1.21 bits per heavy atom. The number of carbonyl (C=O) groups is 1. The van der Waals surface area contributed by atoms with Crippen molar-refractivity contribution in [3.63, 3.8) is 0 Å². The van der Waals surface area contributed by atoms with Crippen LogP contribution in [0.5, 0.6) is 0 Å². The van der Waals surface area contributed by atoms with Gasteiger partial charge in [0.25, 0.3) is 0 Å². The van der Waals surface area contributed by atoms with E-state index in [1.54, 1.807) is 0 Å². The first-order valence-electron chi connectivity index (χ1n) is 7.49. The second-order valence-electron chi connectivity index (χ2n) is 5.38. The summed E-state index contributed by atoms with van der Waals surface area (Å²) >= 11 is 0. The lowest BCUT2D eigenvalue weighted by atomic mass is 9.90. The fraction of sp³-hybridized carbons (Fsp3) is 0.588. The van der Waals surface area contributed by atoms with Gasteiger partial charge in [-0.3, -0.25) is 4.79 Å². The topological polar surface area (TPSA) is 43.1 Å². The third kappa shape index (κ3) is 6.02. The van der Waals surface area contributed by atoms with Gasteiger partial charge in [-0.25, -0.2) is 0 Å². The molecule has 2 atom stereocenters. The molecule has 1 aromatic rings. The van der Waals surface area contributed by atoms with Crippen molar-refractivity contribution >= 4 is 5.78 Å². The Bertz CT molecular complexity index is 361. The highest BCUT2D eigenvalue weighted by molar-refractivity contribution is 5.84. The number of Topliss-reactive ketones (excluding diaryl/α,β-unsaturated/α-hetero) is 1. The number of benzene rings is 1. The van der Waals surface area contributed by atoms with Gasteiger partial charge in [-0.1, -0.05) is 69.9 Å². The van der Waals surface area contributed by atoms with E-state index in [1.807, 2.05) is 30.3 Å². The minimum Gasteiger partial charge on any atom is -0.321 e. The summed E-state index contributed by atoms with van der Waals surface area (Å²) in [6, 6.07) is 9.67. The molecule has 2 nitrogen and oxygen atoms in total. The summed E-state index contributed by atoms with van der Waals surface area (Å²) in [6.07, 6.45) is 5.93. The first kappa shape index (κ1) is 15.9. The molecule has 0 fully saturated rings. The van der Waals surface area contributed by atoms with Gasteiger partial charge in [0.2, 0.25) is 0 Å². The van der Waals surface area contributed by atoms with Crippen LogP contribution < -0.4 is 5.73 Å². The molecule has 2 heteroatoms. The first-order valence-corrected chi connectivity index (χ1v) is 7.49. The molecule has 0 spiro atoms. The minimum absolute atomic E-state index is 0.215. The fourth-order valence-corrected chi connectivity index (χ4v) is 2.36. The number of carbonyl (C=O) groups excluding carboxylic acids is 1. The van der Waals surface area contributed by atoms with Crippen molar-refractivity contribution in [2.24, 2.45) is 11.7 Å². The summed E-state index contributed by atoms with van der Waals surface area (Å²) in [5, 5.41) is 0. The van der Waals surface area contributed by atoms with E-state index in [4.69, 9.17) is 5.73 Å². The van der Waals surface area contributed by atoms with Crippen LogP contribution in [-0.4, -0.2) is 11.8 Å². The Morgan fingerprint density at radius 3 is 2.47 bits per heavy atom. The number of hydrogen-bond acceptors (Lipinski definition) is 2. The normalized spacial score (nSPS) is 14.1. The molecular weight excluding hydrogens is 234 g/mol. The average Bonchev–Trinajstić information content (AvgIpc) is 2.44. The smallest absolute Gasteiger partial charge is 0.150 e. The van der Waals surface area contributed by atoms with E-state index in [2.05, 4.69) is 13.8 Å². The van der Waals surface area contributed by atoms with Gasteiger partial charge in [-0.05, 0) is 17.9 Å². The monoisotopic (exact) mass is 261 g/mol. The average molecular weight is 261 g/mol. The zero-order chi connectivity index (χ0) is 14.1. The van der Waals surface area contributed by atoms with Gasteiger partial charge in [-0.15, -0.1) is 0 Å². The molecule has 106 valence electrons. The van der Waals surface area contributed by atoms with E-state index in [9.17, 15) is 4.79 Å². The van der Waals surface area contributed by atoms with Gasteiger partial charge in [0.15, 0.2) is 0 Å². The van der Waals surface area contributed by atoms with Crippen molar-refractivity contribution in [1.82, 2.24) is 0 Å². The van der Waals surface area contributed by atoms with E-state index in [0.29, 0.717) is 18.8 Å². The van der Waals surface area contributed by atoms with Gasteiger partial charge in [-0.2, -0.15) is 0 Å². The number of rotatable bonds is 9. The predicted octanol–water partition coefficient (Wildman–Crippen LogP) is 3.73. The zero-order valence-electron chi connectivity index (χ0n) is 12.3. The Labute approximate surface area is 117 Å². The van der Waals surface area contributed by atoms with Crippen LogP contribution >= 0.6 is 0 Å². The van der Waals surface area contributed by atoms with Crippen LogP contribution in [0.1, 0.15) is 51.5 Å². The lowest BCUT2D eigenvalue weighted by Crippen LogP contribution is -2.33. The molecule has 2 N–H and O–H groups in total. The molecule has 0 bridgehead atoms.